The highest BCUT2D eigenvalue weighted by molar-refractivity contribution is 9.10. The Labute approximate surface area is 225 Å². The van der Waals surface area contributed by atoms with E-state index in [1.165, 1.54) is 22.4 Å². The van der Waals surface area contributed by atoms with E-state index < -0.39 is 0 Å². The van der Waals surface area contributed by atoms with E-state index >= 15 is 0 Å². The number of aromatic nitrogens is 1. The number of carbonyl (C=O) groups excluding carboxylic acids is 1. The molecule has 1 amide bonds. The van der Waals surface area contributed by atoms with E-state index in [1.807, 2.05) is 12.3 Å². The smallest absolute Gasteiger partial charge is 0.222 e. The van der Waals surface area contributed by atoms with E-state index in [-0.39, 0.29) is 5.92 Å². The molecule has 184 valence electrons. The topological polar surface area (TPSA) is 36.4 Å². The Balaban J connectivity index is 1.51. The Bertz CT molecular complexity index is 1020. The maximum absolute atomic E-state index is 12.9. The van der Waals surface area contributed by atoms with Gasteiger partial charge in [0.05, 0.1) is 5.69 Å². The SMILES string of the molecule is CCN(CC)CCCC(=O)N1CCC(C2c3ncc(Br)cc3CCc3cc(Cl)cc(Br)c32)CC1. The number of halogens is 3. The van der Waals surface area contributed by atoms with Gasteiger partial charge in [-0.1, -0.05) is 41.4 Å². The van der Waals surface area contributed by atoms with Gasteiger partial charge < -0.3 is 9.80 Å². The van der Waals surface area contributed by atoms with Gasteiger partial charge >= 0.3 is 0 Å². The lowest BCUT2D eigenvalue weighted by Gasteiger charge is -2.37. The number of hydrogen-bond acceptors (Lipinski definition) is 3. The second-order valence-electron chi connectivity index (χ2n) is 9.48. The molecular weight excluding hydrogens is 578 g/mol. The van der Waals surface area contributed by atoms with Crippen molar-refractivity contribution in [3.63, 3.8) is 0 Å². The van der Waals surface area contributed by atoms with Crippen molar-refractivity contribution < 1.29 is 4.79 Å². The molecule has 2 aromatic rings. The molecule has 7 heteroatoms. The van der Waals surface area contributed by atoms with Crippen LogP contribution >= 0.6 is 43.5 Å². The van der Waals surface area contributed by atoms with Crippen molar-refractivity contribution in [2.75, 3.05) is 32.7 Å². The van der Waals surface area contributed by atoms with Crippen LogP contribution < -0.4 is 0 Å². The number of pyridine rings is 1. The lowest BCUT2D eigenvalue weighted by Crippen LogP contribution is -2.40. The summed E-state index contributed by atoms with van der Waals surface area (Å²) in [6, 6.07) is 6.38. The zero-order valence-electron chi connectivity index (χ0n) is 20.1. The third-order valence-electron chi connectivity index (χ3n) is 7.54. The largest absolute Gasteiger partial charge is 0.343 e. The molecule has 1 fully saturated rings. The van der Waals surface area contributed by atoms with Crippen LogP contribution in [-0.4, -0.2) is 53.4 Å². The van der Waals surface area contributed by atoms with Gasteiger partial charge in [-0.25, -0.2) is 0 Å². The van der Waals surface area contributed by atoms with Gasteiger partial charge in [-0.05, 0) is 108 Å². The fraction of sp³-hybridized carbons (Fsp3) is 0.556. The number of rotatable bonds is 7. The summed E-state index contributed by atoms with van der Waals surface area (Å²) in [5, 5.41) is 0.773. The molecule has 1 saturated heterocycles. The molecule has 1 aromatic carbocycles. The summed E-state index contributed by atoms with van der Waals surface area (Å²) in [5.74, 6) is 0.968. The standard InChI is InChI=1S/C27H34Br2ClN3O/c1-3-32(4-2)11-5-6-24(34)33-12-9-18(10-13-33)26-25-19(15-22(30)16-23(25)29)7-8-20-14-21(28)17-31-27(20)26/h14-18,26H,3-13H2,1-2H3. The number of piperidine rings is 1. The van der Waals surface area contributed by atoms with Gasteiger partial charge in [0.15, 0.2) is 0 Å². The minimum atomic E-state index is 0.215. The number of likely N-dealkylation sites (tertiary alicyclic amines) is 1. The van der Waals surface area contributed by atoms with E-state index in [1.54, 1.807) is 0 Å². The number of nitrogens with zero attached hydrogens (tertiary/aromatic N) is 3. The van der Waals surface area contributed by atoms with Crippen LogP contribution in [0, 0.1) is 5.92 Å². The zero-order chi connectivity index (χ0) is 24.2. The molecule has 0 bridgehead atoms. The number of hydrogen-bond donors (Lipinski definition) is 0. The molecule has 0 radical (unpaired) electrons. The van der Waals surface area contributed by atoms with E-state index in [4.69, 9.17) is 16.6 Å². The third-order valence-corrected chi connectivity index (χ3v) is 8.85. The lowest BCUT2D eigenvalue weighted by molar-refractivity contribution is -0.132. The fourth-order valence-corrected chi connectivity index (χ4v) is 7.16. The second kappa shape index (κ2) is 11.9. The van der Waals surface area contributed by atoms with Crippen LogP contribution in [0.5, 0.6) is 0 Å². The van der Waals surface area contributed by atoms with Gasteiger partial charge in [-0.2, -0.15) is 0 Å². The maximum Gasteiger partial charge on any atom is 0.222 e. The van der Waals surface area contributed by atoms with Crippen molar-refractivity contribution in [2.24, 2.45) is 5.92 Å². The first kappa shape index (κ1) is 26.1. The Kier molecular flexibility index (Phi) is 9.11. The Morgan fingerprint density at radius 2 is 1.82 bits per heavy atom. The summed E-state index contributed by atoms with van der Waals surface area (Å²) < 4.78 is 2.10. The summed E-state index contributed by atoms with van der Waals surface area (Å²) in [5.41, 5.74) is 5.15. The van der Waals surface area contributed by atoms with Crippen LogP contribution in [-0.2, 0) is 17.6 Å². The minimum absolute atomic E-state index is 0.215. The Hall–Kier alpha value is -0.950. The van der Waals surface area contributed by atoms with Crippen molar-refractivity contribution in [2.45, 2.75) is 58.3 Å². The summed E-state index contributed by atoms with van der Waals surface area (Å²) in [4.78, 5) is 22.3. The molecule has 0 saturated carbocycles. The molecule has 1 unspecified atom stereocenters. The van der Waals surface area contributed by atoms with Crippen LogP contribution in [0.1, 0.15) is 67.8 Å². The van der Waals surface area contributed by atoms with Gasteiger partial charge in [0.2, 0.25) is 5.91 Å². The van der Waals surface area contributed by atoms with Gasteiger partial charge in [0, 0.05) is 45.6 Å². The van der Waals surface area contributed by atoms with Gasteiger partial charge in [0.1, 0.15) is 0 Å². The first-order chi connectivity index (χ1) is 16.4. The summed E-state index contributed by atoms with van der Waals surface area (Å²) in [6.45, 7) is 9.12. The minimum Gasteiger partial charge on any atom is -0.343 e. The van der Waals surface area contributed by atoms with Crippen molar-refractivity contribution in [1.82, 2.24) is 14.8 Å². The highest BCUT2D eigenvalue weighted by Crippen LogP contribution is 2.46. The molecule has 0 spiro atoms. The normalized spacial score (nSPS) is 18.5. The van der Waals surface area contributed by atoms with Crippen LogP contribution in [0.2, 0.25) is 5.02 Å². The number of fused-ring (bicyclic) bond motifs is 2. The summed E-state index contributed by atoms with van der Waals surface area (Å²) in [6.07, 6.45) is 7.43. The van der Waals surface area contributed by atoms with Crippen molar-refractivity contribution in [3.05, 3.63) is 60.7 Å². The molecule has 1 aliphatic heterocycles. The quantitative estimate of drug-likeness (QED) is 0.344. The molecule has 1 aromatic heterocycles. The zero-order valence-corrected chi connectivity index (χ0v) is 24.1. The average molecular weight is 612 g/mol. The van der Waals surface area contributed by atoms with E-state index in [0.717, 1.165) is 78.8 Å². The maximum atomic E-state index is 12.9. The average Bonchev–Trinajstić information content (AvgIpc) is 2.98. The van der Waals surface area contributed by atoms with Crippen molar-refractivity contribution in [1.29, 1.82) is 0 Å². The van der Waals surface area contributed by atoms with E-state index in [0.29, 0.717) is 18.2 Å². The first-order valence-corrected chi connectivity index (χ1v) is 14.5. The molecule has 4 rings (SSSR count). The molecule has 2 aliphatic rings. The lowest BCUT2D eigenvalue weighted by atomic mass is 9.76. The molecule has 2 heterocycles. The second-order valence-corrected chi connectivity index (χ2v) is 11.7. The number of benzene rings is 1. The Morgan fingerprint density at radius 3 is 2.53 bits per heavy atom. The van der Waals surface area contributed by atoms with Crippen LogP contribution in [0.15, 0.2) is 33.3 Å². The molecule has 1 atom stereocenters. The van der Waals surface area contributed by atoms with Crippen LogP contribution in [0.3, 0.4) is 0 Å². The molecule has 4 nitrogen and oxygen atoms in total. The molecule has 0 N–H and O–H groups in total. The highest BCUT2D eigenvalue weighted by atomic mass is 79.9. The summed E-state index contributed by atoms with van der Waals surface area (Å²) >= 11 is 13.9. The predicted molar refractivity (Wildman–Crippen MR) is 147 cm³/mol. The number of aryl methyl sites for hydroxylation is 2. The first-order valence-electron chi connectivity index (χ1n) is 12.5. The van der Waals surface area contributed by atoms with E-state index in [2.05, 4.69) is 67.6 Å². The van der Waals surface area contributed by atoms with Gasteiger partial charge in [0.25, 0.3) is 0 Å². The third kappa shape index (κ3) is 5.88. The van der Waals surface area contributed by atoms with Gasteiger partial charge in [-0.15, -0.1) is 0 Å². The number of amides is 1. The summed E-state index contributed by atoms with van der Waals surface area (Å²) in [7, 11) is 0. The Morgan fingerprint density at radius 1 is 1.12 bits per heavy atom. The highest BCUT2D eigenvalue weighted by Gasteiger charge is 2.36. The van der Waals surface area contributed by atoms with E-state index in [9.17, 15) is 4.79 Å². The van der Waals surface area contributed by atoms with Crippen LogP contribution in [0.4, 0.5) is 0 Å². The monoisotopic (exact) mass is 609 g/mol. The number of carbonyl (C=O) groups is 1. The molecule has 34 heavy (non-hydrogen) atoms. The fourth-order valence-electron chi connectivity index (χ4n) is 5.66. The van der Waals surface area contributed by atoms with Crippen LogP contribution in [0.25, 0.3) is 0 Å². The predicted octanol–water partition coefficient (Wildman–Crippen LogP) is 6.85. The molecule has 1 aliphatic carbocycles. The molecular formula is C27H34Br2ClN3O. The van der Waals surface area contributed by atoms with Gasteiger partial charge in [-0.3, -0.25) is 9.78 Å². The van der Waals surface area contributed by atoms with Crippen molar-refractivity contribution >= 4 is 49.4 Å². The van der Waals surface area contributed by atoms with Crippen molar-refractivity contribution in [3.8, 4) is 0 Å².